The Hall–Kier alpha value is -1.01. The van der Waals surface area contributed by atoms with Crippen LogP contribution < -0.4 is 15.5 Å². The first-order chi connectivity index (χ1) is 10.2. The molecule has 0 saturated heterocycles. The van der Waals surface area contributed by atoms with E-state index in [0.717, 1.165) is 13.0 Å². The number of para-hydroxylation sites is 1. The average molecular weight is 364 g/mol. The van der Waals surface area contributed by atoms with Gasteiger partial charge in [0.15, 0.2) is 0 Å². The van der Waals surface area contributed by atoms with Crippen LogP contribution in [0.5, 0.6) is 0 Å². The summed E-state index contributed by atoms with van der Waals surface area (Å²) in [4.78, 5) is 14.1. The molecule has 5 nitrogen and oxygen atoms in total. The van der Waals surface area contributed by atoms with Gasteiger partial charge in [0.25, 0.3) is 0 Å². The largest absolute Gasteiger partial charge is 0.383 e. The Bertz CT molecular complexity index is 474. The van der Waals surface area contributed by atoms with Gasteiger partial charge in [-0.1, -0.05) is 18.2 Å². The van der Waals surface area contributed by atoms with Crippen LogP contribution in [-0.2, 0) is 16.0 Å². The molecule has 1 heterocycles. The minimum absolute atomic E-state index is 0. The predicted molar refractivity (Wildman–Crippen MR) is 99.2 cm³/mol. The third-order valence-electron chi connectivity index (χ3n) is 3.82. The number of ether oxygens (including phenoxy) is 1. The molecule has 0 saturated carbocycles. The number of rotatable bonds is 8. The van der Waals surface area contributed by atoms with E-state index in [0.29, 0.717) is 32.3 Å². The predicted octanol–water partition coefficient (Wildman–Crippen LogP) is 1.63. The topological polar surface area (TPSA) is 53.6 Å². The van der Waals surface area contributed by atoms with E-state index in [1.807, 2.05) is 0 Å². The highest BCUT2D eigenvalue weighted by molar-refractivity contribution is 5.85. The van der Waals surface area contributed by atoms with Crippen molar-refractivity contribution in [2.24, 2.45) is 0 Å². The minimum Gasteiger partial charge on any atom is -0.383 e. The number of nitrogens with one attached hydrogen (secondary N) is 2. The maximum atomic E-state index is 11.7. The number of fused-ring (bicyclic) bond motifs is 1. The van der Waals surface area contributed by atoms with Crippen molar-refractivity contribution >= 4 is 36.4 Å². The van der Waals surface area contributed by atoms with Gasteiger partial charge in [0.05, 0.1) is 13.2 Å². The zero-order chi connectivity index (χ0) is 15.1. The number of anilines is 1. The number of hydrogen-bond acceptors (Lipinski definition) is 4. The quantitative estimate of drug-likeness (QED) is 0.689. The van der Waals surface area contributed by atoms with Gasteiger partial charge < -0.3 is 20.3 Å². The van der Waals surface area contributed by atoms with E-state index < -0.39 is 0 Å². The Morgan fingerprint density at radius 3 is 2.83 bits per heavy atom. The second-order valence-corrected chi connectivity index (χ2v) is 5.39. The lowest BCUT2D eigenvalue weighted by Crippen LogP contribution is -2.44. The van der Waals surface area contributed by atoms with Crippen LogP contribution >= 0.6 is 24.8 Å². The van der Waals surface area contributed by atoms with Crippen molar-refractivity contribution in [3.63, 3.8) is 0 Å². The lowest BCUT2D eigenvalue weighted by atomic mass is 10.2. The van der Waals surface area contributed by atoms with Crippen LogP contribution in [-0.4, -0.2) is 51.8 Å². The summed E-state index contributed by atoms with van der Waals surface area (Å²) < 4.78 is 4.92. The number of hydrogen-bond donors (Lipinski definition) is 2. The number of halogens is 2. The van der Waals surface area contributed by atoms with Crippen LogP contribution in [0.25, 0.3) is 0 Å². The molecule has 1 aliphatic rings. The molecule has 0 aliphatic carbocycles. The maximum absolute atomic E-state index is 11.7. The fraction of sp³-hybridized carbons (Fsp3) is 0.562. The minimum atomic E-state index is 0. The molecule has 23 heavy (non-hydrogen) atoms. The summed E-state index contributed by atoms with van der Waals surface area (Å²) in [6.07, 6.45) is 1.09. The highest BCUT2D eigenvalue weighted by Crippen LogP contribution is 2.28. The van der Waals surface area contributed by atoms with Gasteiger partial charge in [0.1, 0.15) is 0 Å². The first-order valence-electron chi connectivity index (χ1n) is 7.53. The molecule has 0 spiro atoms. The van der Waals surface area contributed by atoms with Crippen LogP contribution in [0.3, 0.4) is 0 Å². The summed E-state index contributed by atoms with van der Waals surface area (Å²) in [5.41, 5.74) is 2.70. The molecule has 132 valence electrons. The summed E-state index contributed by atoms with van der Waals surface area (Å²) in [6, 6.07) is 8.80. The first-order valence-corrected chi connectivity index (χ1v) is 7.53. The van der Waals surface area contributed by atoms with E-state index in [4.69, 9.17) is 4.74 Å². The number of methoxy groups -OCH3 is 1. The van der Waals surface area contributed by atoms with Crippen molar-refractivity contribution < 1.29 is 9.53 Å². The van der Waals surface area contributed by atoms with E-state index in [1.54, 1.807) is 7.11 Å². The molecule has 1 aromatic rings. The van der Waals surface area contributed by atoms with E-state index in [1.165, 1.54) is 11.3 Å². The fourth-order valence-corrected chi connectivity index (χ4v) is 2.63. The van der Waals surface area contributed by atoms with Crippen molar-refractivity contribution in [3.8, 4) is 0 Å². The Labute approximate surface area is 151 Å². The number of carbonyl (C=O) groups excluding carboxylic acids is 1. The zero-order valence-electron chi connectivity index (χ0n) is 13.7. The molecular formula is C16H27Cl2N3O2. The summed E-state index contributed by atoms with van der Waals surface area (Å²) in [6.45, 7) is 5.50. The van der Waals surface area contributed by atoms with Gasteiger partial charge in [-0.15, -0.1) is 24.8 Å². The monoisotopic (exact) mass is 363 g/mol. The van der Waals surface area contributed by atoms with Crippen LogP contribution in [0.15, 0.2) is 24.3 Å². The second kappa shape index (κ2) is 11.5. The molecule has 1 aromatic carbocycles. The lowest BCUT2D eigenvalue weighted by Gasteiger charge is -2.27. The molecule has 0 aromatic heterocycles. The molecule has 0 fully saturated rings. The van der Waals surface area contributed by atoms with E-state index in [-0.39, 0.29) is 30.7 Å². The summed E-state index contributed by atoms with van der Waals surface area (Å²) >= 11 is 0. The highest BCUT2D eigenvalue weighted by Gasteiger charge is 2.22. The Morgan fingerprint density at radius 1 is 1.35 bits per heavy atom. The third kappa shape index (κ3) is 6.55. The number of benzene rings is 1. The molecule has 2 rings (SSSR count). The highest BCUT2D eigenvalue weighted by atomic mass is 35.5. The number of carbonyl (C=O) groups is 1. The maximum Gasteiger partial charge on any atom is 0.234 e. The SMILES string of the molecule is COCCNCC(=O)NCC(C)N1CCc2ccccc21.Cl.Cl. The molecule has 2 N–H and O–H groups in total. The van der Waals surface area contributed by atoms with Crippen molar-refractivity contribution in [2.45, 2.75) is 19.4 Å². The Morgan fingerprint density at radius 2 is 2.09 bits per heavy atom. The van der Waals surface area contributed by atoms with Gasteiger partial charge in [0.2, 0.25) is 5.91 Å². The molecular weight excluding hydrogens is 337 g/mol. The fourth-order valence-electron chi connectivity index (χ4n) is 2.63. The van der Waals surface area contributed by atoms with Gasteiger partial charge in [-0.05, 0) is 25.0 Å². The van der Waals surface area contributed by atoms with Gasteiger partial charge in [-0.2, -0.15) is 0 Å². The van der Waals surface area contributed by atoms with Crippen molar-refractivity contribution in [2.75, 3.05) is 44.8 Å². The first kappa shape index (κ1) is 22.0. The van der Waals surface area contributed by atoms with Gasteiger partial charge in [-0.3, -0.25) is 4.79 Å². The van der Waals surface area contributed by atoms with E-state index in [9.17, 15) is 4.79 Å². The standard InChI is InChI=1S/C16H25N3O2.2ClH/c1-13(11-18-16(20)12-17-8-10-21-2)19-9-7-14-5-3-4-6-15(14)19;;/h3-6,13,17H,7-12H2,1-2H3,(H,18,20);2*1H. The normalized spacial score (nSPS) is 13.6. The van der Waals surface area contributed by atoms with E-state index >= 15 is 0 Å². The zero-order valence-corrected chi connectivity index (χ0v) is 15.3. The lowest BCUT2D eigenvalue weighted by molar-refractivity contribution is -0.120. The molecule has 1 atom stereocenters. The molecule has 0 bridgehead atoms. The molecule has 0 radical (unpaired) electrons. The number of amides is 1. The van der Waals surface area contributed by atoms with Crippen LogP contribution in [0.4, 0.5) is 5.69 Å². The van der Waals surface area contributed by atoms with E-state index in [2.05, 4.69) is 46.7 Å². The number of nitrogens with zero attached hydrogens (tertiary/aromatic N) is 1. The van der Waals surface area contributed by atoms with Gasteiger partial charge in [0, 0.05) is 38.5 Å². The van der Waals surface area contributed by atoms with Crippen molar-refractivity contribution in [1.29, 1.82) is 0 Å². The molecule has 1 amide bonds. The van der Waals surface area contributed by atoms with Gasteiger partial charge >= 0.3 is 0 Å². The Kier molecular flexibility index (Phi) is 11.0. The summed E-state index contributed by atoms with van der Waals surface area (Å²) in [5, 5.41) is 6.03. The third-order valence-corrected chi connectivity index (χ3v) is 3.82. The smallest absolute Gasteiger partial charge is 0.234 e. The molecule has 1 aliphatic heterocycles. The van der Waals surface area contributed by atoms with Crippen LogP contribution in [0.2, 0.25) is 0 Å². The molecule has 1 unspecified atom stereocenters. The van der Waals surface area contributed by atoms with Crippen LogP contribution in [0.1, 0.15) is 12.5 Å². The second-order valence-electron chi connectivity index (χ2n) is 5.39. The molecule has 7 heteroatoms. The summed E-state index contributed by atoms with van der Waals surface area (Å²) in [5.74, 6) is 0.0328. The van der Waals surface area contributed by atoms with Gasteiger partial charge in [-0.25, -0.2) is 0 Å². The average Bonchev–Trinajstić information content (AvgIpc) is 2.93. The van der Waals surface area contributed by atoms with Crippen molar-refractivity contribution in [3.05, 3.63) is 29.8 Å². The van der Waals surface area contributed by atoms with Crippen molar-refractivity contribution in [1.82, 2.24) is 10.6 Å². The van der Waals surface area contributed by atoms with Crippen LogP contribution in [0, 0.1) is 0 Å². The summed E-state index contributed by atoms with van der Waals surface area (Å²) in [7, 11) is 1.65. The Balaban J connectivity index is 0.00000242.